The largest absolute Gasteiger partial charge is 0.908 e. The molecule has 0 unspecified atom stereocenters. The van der Waals surface area contributed by atoms with E-state index < -0.39 is 0 Å². The standard InChI is InChI=1S/C10H17N.Y/c1-8(2)6-7-9(11)10(3,4)5;/h7-8H,1-5H3;/q-2;. The average Bonchev–Trinajstić information content (AvgIpc) is 1.80. The van der Waals surface area contributed by atoms with Crippen LogP contribution in [0.5, 0.6) is 0 Å². The summed E-state index contributed by atoms with van der Waals surface area (Å²) in [4.78, 5) is 0. The molecule has 0 bridgehead atoms. The smallest absolute Gasteiger partial charge is 0 e. The van der Waals surface area contributed by atoms with Gasteiger partial charge < -0.3 is 11.1 Å². The third-order valence-corrected chi connectivity index (χ3v) is 1.32. The van der Waals surface area contributed by atoms with Crippen molar-refractivity contribution in [1.82, 2.24) is 0 Å². The molecule has 0 aliphatic rings. The monoisotopic (exact) mass is 240 g/mol. The average molecular weight is 240 g/mol. The molecule has 2 heteroatoms. The molecule has 0 heterocycles. The number of allylic oxidation sites excluding steroid dienone is 2. The van der Waals surface area contributed by atoms with Gasteiger partial charge in [-0.05, 0) is 0 Å². The molecule has 0 aromatic rings. The van der Waals surface area contributed by atoms with Crippen LogP contribution in [-0.2, 0) is 32.7 Å². The minimum Gasteiger partial charge on any atom is -0.908 e. The fraction of sp³-hybridized carbons (Fsp3) is 0.700. The molecule has 0 saturated heterocycles. The van der Waals surface area contributed by atoms with E-state index in [1.807, 2.05) is 34.6 Å². The molecule has 1 nitrogen and oxygen atoms in total. The summed E-state index contributed by atoms with van der Waals surface area (Å²) in [7, 11) is 0. The van der Waals surface area contributed by atoms with E-state index in [1.54, 1.807) is 6.08 Å². The van der Waals surface area contributed by atoms with Gasteiger partial charge in [0.05, 0.1) is 0 Å². The van der Waals surface area contributed by atoms with Crippen LogP contribution in [0.1, 0.15) is 34.6 Å². The molecule has 0 fully saturated rings. The number of hydrogen-bond donors (Lipinski definition) is 0. The molecule has 0 N–H and O–H groups in total. The molecule has 0 aromatic heterocycles. The Balaban J connectivity index is 0. The maximum Gasteiger partial charge on any atom is 0 e. The van der Waals surface area contributed by atoms with Crippen LogP contribution in [0.25, 0.3) is 5.41 Å². The molecule has 0 spiro atoms. The van der Waals surface area contributed by atoms with E-state index in [1.165, 1.54) is 0 Å². The summed E-state index contributed by atoms with van der Waals surface area (Å²) in [6.07, 6.45) is 4.71. The van der Waals surface area contributed by atoms with Crippen LogP contribution in [0.4, 0.5) is 0 Å². The van der Waals surface area contributed by atoms with E-state index in [9.17, 15) is 5.41 Å². The van der Waals surface area contributed by atoms with Crippen molar-refractivity contribution in [3.05, 3.63) is 17.6 Å². The maximum atomic E-state index is 9.43. The van der Waals surface area contributed by atoms with Crippen LogP contribution >= 0.6 is 0 Å². The van der Waals surface area contributed by atoms with Gasteiger partial charge in [-0.25, -0.2) is 0 Å². The Kier molecular flexibility index (Phi) is 7.56. The van der Waals surface area contributed by atoms with Gasteiger partial charge in [0.15, 0.2) is 0 Å². The molecule has 12 heavy (non-hydrogen) atoms. The Labute approximate surface area is 101 Å². The Bertz CT molecular complexity index is 163. The molecule has 1 radical (unpaired) electrons. The Morgan fingerprint density at radius 1 is 1.33 bits per heavy atom. The predicted molar refractivity (Wildman–Crippen MR) is 50.5 cm³/mol. The first-order valence-corrected chi connectivity index (χ1v) is 3.99. The SMILES string of the molecule is CC(C)[C-]=CC(=[N-])C(C)(C)C.[Y]. The minimum atomic E-state index is -0.151. The number of rotatable bonds is 2. The molecule has 0 aliphatic heterocycles. The zero-order chi connectivity index (χ0) is 9.07. The van der Waals surface area contributed by atoms with Gasteiger partial charge in [-0.2, -0.15) is 0 Å². The van der Waals surface area contributed by atoms with E-state index in [0.717, 1.165) is 0 Å². The molecular formula is C10H17NY-2. The van der Waals surface area contributed by atoms with E-state index in [4.69, 9.17) is 0 Å². The first-order valence-electron chi connectivity index (χ1n) is 3.99. The molecule has 0 saturated carbocycles. The molecule has 0 amide bonds. The van der Waals surface area contributed by atoms with E-state index >= 15 is 0 Å². The second-order valence-corrected chi connectivity index (χ2v) is 4.10. The summed E-state index contributed by atoms with van der Waals surface area (Å²) in [6, 6.07) is 0. The van der Waals surface area contributed by atoms with Gasteiger partial charge in [0.2, 0.25) is 0 Å². The van der Waals surface area contributed by atoms with Crippen molar-refractivity contribution < 1.29 is 32.7 Å². The van der Waals surface area contributed by atoms with Crippen molar-refractivity contribution in [3.8, 4) is 0 Å². The minimum absolute atomic E-state index is 0. The molecule has 0 aromatic carbocycles. The van der Waals surface area contributed by atoms with Crippen molar-refractivity contribution in [2.45, 2.75) is 34.6 Å². The summed E-state index contributed by atoms with van der Waals surface area (Å²) >= 11 is 0. The van der Waals surface area contributed by atoms with Crippen LogP contribution in [0.3, 0.4) is 0 Å². The van der Waals surface area contributed by atoms with Gasteiger partial charge in [-0.3, -0.25) is 12.2 Å². The van der Waals surface area contributed by atoms with Crippen molar-refractivity contribution in [1.29, 1.82) is 0 Å². The van der Waals surface area contributed by atoms with Crippen LogP contribution in [0.15, 0.2) is 6.08 Å². The normalized spacial score (nSPS) is 11.8. The summed E-state index contributed by atoms with van der Waals surface area (Å²) in [5, 5.41) is 9.43. The topological polar surface area (TPSA) is 22.3 Å². The zero-order valence-electron chi connectivity index (χ0n) is 8.68. The predicted octanol–water partition coefficient (Wildman–Crippen LogP) is 3.06. The fourth-order valence-electron chi connectivity index (χ4n) is 0.462. The van der Waals surface area contributed by atoms with Gasteiger partial charge in [0.1, 0.15) is 0 Å². The summed E-state index contributed by atoms with van der Waals surface area (Å²) < 4.78 is 0. The van der Waals surface area contributed by atoms with Crippen LogP contribution in [-0.4, -0.2) is 5.71 Å². The molecule has 0 atom stereocenters. The fourth-order valence-corrected chi connectivity index (χ4v) is 0.462. The van der Waals surface area contributed by atoms with Gasteiger partial charge >= 0.3 is 0 Å². The zero-order valence-corrected chi connectivity index (χ0v) is 11.5. The van der Waals surface area contributed by atoms with Crippen molar-refractivity contribution in [2.24, 2.45) is 11.3 Å². The first kappa shape index (κ1) is 15.0. The van der Waals surface area contributed by atoms with E-state index in [-0.39, 0.29) is 38.1 Å². The van der Waals surface area contributed by atoms with Crippen LogP contribution < -0.4 is 0 Å². The van der Waals surface area contributed by atoms with Gasteiger partial charge in [-0.15, -0.1) is 11.3 Å². The number of nitrogens with zero attached hydrogens (tertiary/aromatic N) is 1. The Morgan fingerprint density at radius 2 is 1.75 bits per heavy atom. The van der Waals surface area contributed by atoms with Gasteiger partial charge in [-0.1, -0.05) is 34.6 Å². The molecule has 0 aliphatic carbocycles. The van der Waals surface area contributed by atoms with Crippen LogP contribution in [0, 0.1) is 17.4 Å². The summed E-state index contributed by atoms with van der Waals surface area (Å²) in [6.45, 7) is 9.99. The second kappa shape index (κ2) is 6.04. The molecular weight excluding hydrogens is 223 g/mol. The van der Waals surface area contributed by atoms with Crippen LogP contribution in [0.2, 0.25) is 0 Å². The van der Waals surface area contributed by atoms with Crippen molar-refractivity contribution >= 4 is 5.71 Å². The molecule has 67 valence electrons. The summed E-state index contributed by atoms with van der Waals surface area (Å²) in [5.41, 5.74) is 0.244. The quantitative estimate of drug-likeness (QED) is 0.523. The maximum absolute atomic E-state index is 9.43. The Morgan fingerprint density at radius 3 is 2.00 bits per heavy atom. The van der Waals surface area contributed by atoms with Crippen molar-refractivity contribution in [2.75, 3.05) is 0 Å². The molecule has 0 rings (SSSR count). The third kappa shape index (κ3) is 7.18. The third-order valence-electron chi connectivity index (χ3n) is 1.32. The first-order chi connectivity index (χ1) is 4.84. The summed E-state index contributed by atoms with van der Waals surface area (Å²) in [5.74, 6) is 0.375. The second-order valence-electron chi connectivity index (χ2n) is 4.10. The number of hydrogen-bond acceptors (Lipinski definition) is 0. The van der Waals surface area contributed by atoms with Gasteiger partial charge in [0.25, 0.3) is 0 Å². The van der Waals surface area contributed by atoms with Crippen molar-refractivity contribution in [3.63, 3.8) is 0 Å². The van der Waals surface area contributed by atoms with E-state index in [0.29, 0.717) is 11.6 Å². The van der Waals surface area contributed by atoms with E-state index in [2.05, 4.69) is 6.08 Å². The Hall–Kier alpha value is 0.514. The van der Waals surface area contributed by atoms with Gasteiger partial charge in [0, 0.05) is 32.7 Å².